The van der Waals surface area contributed by atoms with Crippen LogP contribution in [0.3, 0.4) is 0 Å². The van der Waals surface area contributed by atoms with Crippen LogP contribution >= 0.6 is 0 Å². The van der Waals surface area contributed by atoms with Crippen molar-refractivity contribution in [1.29, 1.82) is 0 Å². The minimum Gasteiger partial charge on any atom is -0.462 e. The van der Waals surface area contributed by atoms with Crippen LogP contribution in [0.2, 0.25) is 0 Å². The Morgan fingerprint density at radius 1 is 1.37 bits per heavy atom. The number of nitrogens with one attached hydrogen (secondary N) is 2. The summed E-state index contributed by atoms with van der Waals surface area (Å²) in [5.74, 6) is -0.547. The summed E-state index contributed by atoms with van der Waals surface area (Å²) in [7, 11) is 0. The van der Waals surface area contributed by atoms with Crippen LogP contribution in [0.4, 0.5) is 10.7 Å². The second-order valence-electron chi connectivity index (χ2n) is 4.16. The second-order valence-corrected chi connectivity index (χ2v) is 4.16. The highest BCUT2D eigenvalue weighted by Gasteiger charge is 2.24. The minimum atomic E-state index is -0.555. The Kier molecular flexibility index (Phi) is 5.35. The van der Waals surface area contributed by atoms with E-state index in [9.17, 15) is 9.59 Å². The fourth-order valence-electron chi connectivity index (χ4n) is 1.46. The largest absolute Gasteiger partial charge is 0.462 e. The average molecular weight is 269 g/mol. The zero-order valence-electron chi connectivity index (χ0n) is 11.6. The molecule has 0 saturated heterocycles. The van der Waals surface area contributed by atoms with E-state index in [-0.39, 0.29) is 24.1 Å². The van der Waals surface area contributed by atoms with Crippen LogP contribution in [-0.4, -0.2) is 29.8 Å². The molecule has 0 spiro atoms. The van der Waals surface area contributed by atoms with Gasteiger partial charge in [0.15, 0.2) is 0 Å². The number of hydrogen-bond acceptors (Lipinski definition) is 5. The molecular formula is C12H19N3O4. The highest BCUT2D eigenvalue weighted by molar-refractivity contribution is 6.00. The van der Waals surface area contributed by atoms with Crippen molar-refractivity contribution in [3.63, 3.8) is 0 Å². The minimum absolute atomic E-state index is 0.00782. The lowest BCUT2D eigenvalue weighted by atomic mass is 10.2. The number of nitrogens with zero attached hydrogens (tertiary/aromatic N) is 1. The van der Waals surface area contributed by atoms with Gasteiger partial charge < -0.3 is 14.6 Å². The van der Waals surface area contributed by atoms with E-state index >= 15 is 0 Å². The maximum Gasteiger partial charge on any atom is 0.345 e. The zero-order valence-corrected chi connectivity index (χ0v) is 11.6. The maximum absolute atomic E-state index is 11.8. The molecule has 0 fully saturated rings. The summed E-state index contributed by atoms with van der Waals surface area (Å²) in [5.41, 5.74) is 0.626. The van der Waals surface area contributed by atoms with E-state index < -0.39 is 12.0 Å². The van der Waals surface area contributed by atoms with Gasteiger partial charge in [-0.3, -0.25) is 5.32 Å². The third kappa shape index (κ3) is 3.97. The molecule has 0 saturated carbocycles. The lowest BCUT2D eigenvalue weighted by Crippen LogP contribution is -2.34. The lowest BCUT2D eigenvalue weighted by Gasteiger charge is -2.08. The first-order valence-electron chi connectivity index (χ1n) is 6.22. The number of amides is 2. The van der Waals surface area contributed by atoms with Crippen molar-refractivity contribution >= 4 is 17.9 Å². The predicted octanol–water partition coefficient (Wildman–Crippen LogP) is 1.94. The van der Waals surface area contributed by atoms with Gasteiger partial charge in [0.1, 0.15) is 11.3 Å². The van der Waals surface area contributed by atoms with Crippen molar-refractivity contribution in [2.45, 2.75) is 40.2 Å². The molecular weight excluding hydrogens is 250 g/mol. The number of carbonyl (C=O) groups excluding carboxylic acids is 2. The molecule has 0 aliphatic heterocycles. The number of esters is 1. The number of rotatable bonds is 5. The summed E-state index contributed by atoms with van der Waals surface area (Å²) in [6.45, 7) is 7.42. The number of anilines is 1. The average Bonchev–Trinajstić information content (AvgIpc) is 2.70. The first-order chi connectivity index (χ1) is 8.99. The van der Waals surface area contributed by atoms with Crippen LogP contribution < -0.4 is 10.6 Å². The summed E-state index contributed by atoms with van der Waals surface area (Å²) < 4.78 is 9.91. The molecule has 0 radical (unpaired) electrons. The highest BCUT2D eigenvalue weighted by atomic mass is 16.5. The van der Waals surface area contributed by atoms with Crippen molar-refractivity contribution in [2.75, 3.05) is 11.9 Å². The van der Waals surface area contributed by atoms with Gasteiger partial charge in [-0.25, -0.2) is 9.59 Å². The molecule has 0 atom stereocenters. The number of hydrogen-bond donors (Lipinski definition) is 2. The quantitative estimate of drug-likeness (QED) is 0.797. The first kappa shape index (κ1) is 15.0. The van der Waals surface area contributed by atoms with E-state index in [2.05, 4.69) is 15.8 Å². The summed E-state index contributed by atoms with van der Waals surface area (Å²) in [4.78, 5) is 23.4. The molecule has 0 aliphatic rings. The normalized spacial score (nSPS) is 10.4. The smallest absolute Gasteiger partial charge is 0.345 e. The molecule has 1 aromatic rings. The van der Waals surface area contributed by atoms with Crippen LogP contribution in [-0.2, 0) is 11.2 Å². The van der Waals surface area contributed by atoms with E-state index in [4.69, 9.17) is 9.26 Å². The van der Waals surface area contributed by atoms with Gasteiger partial charge >= 0.3 is 12.0 Å². The number of aromatic nitrogens is 1. The van der Waals surface area contributed by atoms with Crippen LogP contribution in [0.1, 0.15) is 43.7 Å². The molecule has 0 unspecified atom stereocenters. The number of ether oxygens (including phenoxy) is 1. The molecule has 2 amide bonds. The van der Waals surface area contributed by atoms with Crippen LogP contribution in [0.25, 0.3) is 0 Å². The van der Waals surface area contributed by atoms with Crippen molar-refractivity contribution in [2.24, 2.45) is 0 Å². The Labute approximate surface area is 111 Å². The Morgan fingerprint density at radius 2 is 2.05 bits per heavy atom. The van der Waals surface area contributed by atoms with Crippen molar-refractivity contribution < 1.29 is 18.8 Å². The van der Waals surface area contributed by atoms with Crippen molar-refractivity contribution in [3.8, 4) is 0 Å². The van der Waals surface area contributed by atoms with Gasteiger partial charge in [0.05, 0.1) is 6.61 Å². The molecule has 7 nitrogen and oxygen atoms in total. The Hall–Kier alpha value is -2.05. The van der Waals surface area contributed by atoms with Crippen molar-refractivity contribution in [3.05, 3.63) is 11.3 Å². The third-order valence-electron chi connectivity index (χ3n) is 2.22. The van der Waals surface area contributed by atoms with Gasteiger partial charge in [0, 0.05) is 6.04 Å². The van der Waals surface area contributed by atoms with Gasteiger partial charge in [-0.2, -0.15) is 0 Å². The van der Waals surface area contributed by atoms with Crippen LogP contribution in [0.5, 0.6) is 0 Å². The topological polar surface area (TPSA) is 93.5 Å². The molecule has 2 N–H and O–H groups in total. The number of aryl methyl sites for hydroxylation is 1. The number of carbonyl (C=O) groups is 2. The summed E-state index contributed by atoms with van der Waals surface area (Å²) >= 11 is 0. The van der Waals surface area contributed by atoms with Gasteiger partial charge in [-0.15, -0.1) is 0 Å². The van der Waals surface area contributed by atoms with Gasteiger partial charge in [-0.05, 0) is 27.2 Å². The predicted molar refractivity (Wildman–Crippen MR) is 69.1 cm³/mol. The molecule has 1 aromatic heterocycles. The monoisotopic (exact) mass is 269 g/mol. The Bertz CT molecular complexity index is 454. The second kappa shape index (κ2) is 6.77. The fourth-order valence-corrected chi connectivity index (χ4v) is 1.46. The standard InChI is InChI=1S/C12H19N3O4/c1-5-8-9(11(16)18-6-2)10(19-15-8)14-12(17)13-7(3)4/h7H,5-6H2,1-4H3,(H2,13,14,17). The zero-order chi connectivity index (χ0) is 14.4. The lowest BCUT2D eigenvalue weighted by molar-refractivity contribution is 0.0526. The van der Waals surface area contributed by atoms with Crippen LogP contribution in [0.15, 0.2) is 4.52 Å². The molecule has 0 aliphatic carbocycles. The number of urea groups is 1. The molecule has 19 heavy (non-hydrogen) atoms. The van der Waals surface area contributed by atoms with E-state index in [0.29, 0.717) is 12.1 Å². The van der Waals surface area contributed by atoms with Gasteiger partial charge in [0.25, 0.3) is 0 Å². The summed E-state index contributed by atoms with van der Waals surface area (Å²) in [6, 6.07) is -0.487. The summed E-state index contributed by atoms with van der Waals surface area (Å²) in [5, 5.41) is 8.83. The Balaban J connectivity index is 2.92. The molecule has 0 bridgehead atoms. The SMILES string of the molecule is CCOC(=O)c1c(CC)noc1NC(=O)NC(C)C. The first-order valence-corrected chi connectivity index (χ1v) is 6.22. The molecule has 106 valence electrons. The molecule has 7 heteroatoms. The highest BCUT2D eigenvalue weighted by Crippen LogP contribution is 2.21. The fraction of sp³-hybridized carbons (Fsp3) is 0.583. The van der Waals surface area contributed by atoms with Crippen LogP contribution in [0, 0.1) is 0 Å². The third-order valence-corrected chi connectivity index (χ3v) is 2.22. The molecule has 1 heterocycles. The van der Waals surface area contributed by atoms with E-state index in [0.717, 1.165) is 0 Å². The molecule has 0 aromatic carbocycles. The van der Waals surface area contributed by atoms with Gasteiger partial charge in [0.2, 0.25) is 5.88 Å². The van der Waals surface area contributed by atoms with E-state index in [1.807, 2.05) is 20.8 Å². The summed E-state index contributed by atoms with van der Waals surface area (Å²) in [6.07, 6.45) is 0.505. The molecule has 1 rings (SSSR count). The van der Waals surface area contributed by atoms with Gasteiger partial charge in [-0.1, -0.05) is 12.1 Å². The maximum atomic E-state index is 11.8. The van der Waals surface area contributed by atoms with Crippen molar-refractivity contribution in [1.82, 2.24) is 10.5 Å². The Morgan fingerprint density at radius 3 is 2.58 bits per heavy atom. The van der Waals surface area contributed by atoms with E-state index in [1.54, 1.807) is 6.92 Å². The van der Waals surface area contributed by atoms with E-state index in [1.165, 1.54) is 0 Å².